The summed E-state index contributed by atoms with van der Waals surface area (Å²) in [5.74, 6) is 2.35. The van der Waals surface area contributed by atoms with E-state index in [2.05, 4.69) is 23.6 Å². The minimum absolute atomic E-state index is 0. The molecule has 0 bridgehead atoms. The molecule has 0 unspecified atom stereocenters. The molecule has 0 spiro atoms. The summed E-state index contributed by atoms with van der Waals surface area (Å²) in [6.07, 6.45) is 7.86. The molecule has 6 nitrogen and oxygen atoms in total. The number of halogens is 1. The predicted molar refractivity (Wildman–Crippen MR) is 130 cm³/mol. The predicted octanol–water partition coefficient (Wildman–Crippen LogP) is 3.75. The summed E-state index contributed by atoms with van der Waals surface area (Å²) in [6, 6.07) is 6.02. The summed E-state index contributed by atoms with van der Waals surface area (Å²) in [6.45, 7) is 4.72. The first-order valence-electron chi connectivity index (χ1n) is 10.5. The summed E-state index contributed by atoms with van der Waals surface area (Å²) < 4.78 is 10.7. The molecule has 1 fully saturated rings. The summed E-state index contributed by atoms with van der Waals surface area (Å²) >= 11 is 0. The molecule has 0 aliphatic heterocycles. The highest BCUT2D eigenvalue weighted by atomic mass is 127. The number of guanidine groups is 1. The highest BCUT2D eigenvalue weighted by molar-refractivity contribution is 14.0. The van der Waals surface area contributed by atoms with Gasteiger partial charge < -0.3 is 25.2 Å². The molecule has 0 saturated heterocycles. The van der Waals surface area contributed by atoms with Gasteiger partial charge in [0.25, 0.3) is 0 Å². The fourth-order valence-electron chi connectivity index (χ4n) is 3.98. The quantitative estimate of drug-likeness (QED) is 0.250. The van der Waals surface area contributed by atoms with E-state index in [9.17, 15) is 5.11 Å². The number of hydrogen-bond donors (Lipinski definition) is 3. The maximum Gasteiger partial charge on any atom is 0.191 e. The van der Waals surface area contributed by atoms with Gasteiger partial charge in [-0.15, -0.1) is 24.0 Å². The van der Waals surface area contributed by atoms with Gasteiger partial charge in [-0.1, -0.05) is 25.3 Å². The van der Waals surface area contributed by atoms with Gasteiger partial charge in [0.15, 0.2) is 17.5 Å². The van der Waals surface area contributed by atoms with E-state index in [4.69, 9.17) is 14.5 Å². The number of nitrogens with one attached hydrogen (secondary N) is 2. The maximum absolute atomic E-state index is 9.50. The van der Waals surface area contributed by atoms with Crippen molar-refractivity contribution in [1.82, 2.24) is 10.6 Å². The Morgan fingerprint density at radius 3 is 2.45 bits per heavy atom. The van der Waals surface area contributed by atoms with Crippen LogP contribution in [0.5, 0.6) is 11.5 Å². The van der Waals surface area contributed by atoms with E-state index in [0.717, 1.165) is 49.9 Å². The number of benzene rings is 1. The van der Waals surface area contributed by atoms with Gasteiger partial charge in [-0.05, 0) is 55.7 Å². The first-order chi connectivity index (χ1) is 13.7. The van der Waals surface area contributed by atoms with Crippen molar-refractivity contribution in [3.63, 3.8) is 0 Å². The molecule has 1 aliphatic rings. The molecule has 7 heteroatoms. The summed E-state index contributed by atoms with van der Waals surface area (Å²) in [5, 5.41) is 16.3. The van der Waals surface area contributed by atoms with Crippen molar-refractivity contribution in [3.05, 3.63) is 23.8 Å². The third-order valence-electron chi connectivity index (χ3n) is 5.63. The number of aliphatic hydroxyl groups is 1. The van der Waals surface area contributed by atoms with Gasteiger partial charge in [0.2, 0.25) is 0 Å². The minimum atomic E-state index is 0. The fourth-order valence-corrected chi connectivity index (χ4v) is 3.98. The maximum atomic E-state index is 9.50. The Labute approximate surface area is 192 Å². The van der Waals surface area contributed by atoms with Crippen LogP contribution in [-0.4, -0.2) is 51.5 Å². The van der Waals surface area contributed by atoms with Crippen LogP contribution in [0, 0.1) is 5.41 Å². The number of aliphatic hydroxyl groups excluding tert-OH is 1. The zero-order chi connectivity index (χ0) is 20.2. The molecular weight excluding hydrogens is 481 g/mol. The number of nitrogens with zero attached hydrogens (tertiary/aromatic N) is 1. The molecular formula is C22H38IN3O3. The van der Waals surface area contributed by atoms with Crippen LogP contribution in [0.2, 0.25) is 0 Å². The Morgan fingerprint density at radius 1 is 1.10 bits per heavy atom. The molecule has 29 heavy (non-hydrogen) atoms. The first-order valence-corrected chi connectivity index (χ1v) is 10.5. The van der Waals surface area contributed by atoms with Crippen LogP contribution in [0.1, 0.15) is 51.0 Å². The molecule has 0 atom stereocenters. The van der Waals surface area contributed by atoms with E-state index in [1.807, 2.05) is 12.1 Å². The van der Waals surface area contributed by atoms with Crippen LogP contribution >= 0.6 is 24.0 Å². The fraction of sp³-hybridized carbons (Fsp3) is 0.682. The standard InChI is InChI=1S/C22H37N3O3.HI/c1-4-23-21(25-17-22(13-15-26)11-6-5-7-12-22)24-14-10-18-8-9-19(27-2)20(16-18)28-3;/h8-9,16,26H,4-7,10-15,17H2,1-3H3,(H2,23,24,25);1H. The highest BCUT2D eigenvalue weighted by Crippen LogP contribution is 2.39. The smallest absolute Gasteiger partial charge is 0.191 e. The lowest BCUT2D eigenvalue weighted by molar-refractivity contribution is 0.137. The summed E-state index contributed by atoms with van der Waals surface area (Å²) in [5.41, 5.74) is 1.35. The van der Waals surface area contributed by atoms with Gasteiger partial charge >= 0.3 is 0 Å². The average Bonchev–Trinajstić information content (AvgIpc) is 2.73. The lowest BCUT2D eigenvalue weighted by atomic mass is 9.72. The Balaban J connectivity index is 0.00000420. The monoisotopic (exact) mass is 519 g/mol. The second kappa shape index (κ2) is 13.9. The van der Waals surface area contributed by atoms with Gasteiger partial charge in [0, 0.05) is 26.2 Å². The van der Waals surface area contributed by atoms with Crippen LogP contribution in [0.4, 0.5) is 0 Å². The van der Waals surface area contributed by atoms with Crippen molar-refractivity contribution in [3.8, 4) is 11.5 Å². The van der Waals surface area contributed by atoms with Crippen molar-refractivity contribution in [1.29, 1.82) is 0 Å². The lowest BCUT2D eigenvalue weighted by Gasteiger charge is -2.35. The van der Waals surface area contributed by atoms with Crippen molar-refractivity contribution in [2.75, 3.05) is 40.5 Å². The SMILES string of the molecule is CCNC(=NCC1(CCO)CCCCC1)NCCc1ccc(OC)c(OC)c1.I. The largest absolute Gasteiger partial charge is 0.493 e. The molecule has 3 N–H and O–H groups in total. The van der Waals surface area contributed by atoms with E-state index in [1.165, 1.54) is 37.7 Å². The second-order valence-electron chi connectivity index (χ2n) is 7.60. The molecule has 0 amide bonds. The first kappa shape index (κ1) is 25.8. The van der Waals surface area contributed by atoms with Crippen molar-refractivity contribution in [2.45, 2.75) is 51.9 Å². The molecule has 0 heterocycles. The Hall–Kier alpha value is -1.22. The van der Waals surface area contributed by atoms with Crippen LogP contribution in [-0.2, 0) is 6.42 Å². The van der Waals surface area contributed by atoms with Crippen molar-refractivity contribution in [2.24, 2.45) is 10.4 Å². The van der Waals surface area contributed by atoms with Gasteiger partial charge in [-0.2, -0.15) is 0 Å². The molecule has 1 aromatic rings. The van der Waals surface area contributed by atoms with Gasteiger partial charge in [-0.3, -0.25) is 4.99 Å². The van der Waals surface area contributed by atoms with E-state index >= 15 is 0 Å². The molecule has 1 saturated carbocycles. The normalized spacial score (nSPS) is 15.9. The second-order valence-corrected chi connectivity index (χ2v) is 7.60. The molecule has 0 aromatic heterocycles. The number of rotatable bonds is 10. The zero-order valence-corrected chi connectivity index (χ0v) is 20.5. The summed E-state index contributed by atoms with van der Waals surface area (Å²) in [4.78, 5) is 4.86. The van der Waals surface area contributed by atoms with Crippen LogP contribution in [0.15, 0.2) is 23.2 Å². The number of hydrogen-bond acceptors (Lipinski definition) is 4. The van der Waals surface area contributed by atoms with Crippen LogP contribution in [0.3, 0.4) is 0 Å². The minimum Gasteiger partial charge on any atom is -0.493 e. The van der Waals surface area contributed by atoms with Crippen LogP contribution < -0.4 is 20.1 Å². The molecule has 2 rings (SSSR count). The Morgan fingerprint density at radius 2 is 1.83 bits per heavy atom. The number of ether oxygens (including phenoxy) is 2. The molecule has 0 radical (unpaired) electrons. The van der Waals surface area contributed by atoms with E-state index in [0.29, 0.717) is 0 Å². The van der Waals surface area contributed by atoms with Gasteiger partial charge in [0.1, 0.15) is 0 Å². The third-order valence-corrected chi connectivity index (χ3v) is 5.63. The lowest BCUT2D eigenvalue weighted by Crippen LogP contribution is -2.40. The van der Waals surface area contributed by atoms with Crippen LogP contribution in [0.25, 0.3) is 0 Å². The highest BCUT2D eigenvalue weighted by Gasteiger charge is 2.31. The number of aliphatic imine (C=N–C) groups is 1. The van der Waals surface area contributed by atoms with Gasteiger partial charge in [-0.25, -0.2) is 0 Å². The molecule has 166 valence electrons. The van der Waals surface area contributed by atoms with E-state index in [-0.39, 0.29) is 36.0 Å². The molecule has 1 aliphatic carbocycles. The molecule has 1 aromatic carbocycles. The van der Waals surface area contributed by atoms with Crippen molar-refractivity contribution < 1.29 is 14.6 Å². The topological polar surface area (TPSA) is 75.1 Å². The Bertz CT molecular complexity index is 614. The van der Waals surface area contributed by atoms with Gasteiger partial charge in [0.05, 0.1) is 14.2 Å². The van der Waals surface area contributed by atoms with Crippen molar-refractivity contribution >= 4 is 29.9 Å². The third kappa shape index (κ3) is 8.20. The Kier molecular flexibility index (Phi) is 12.4. The zero-order valence-electron chi connectivity index (χ0n) is 18.1. The number of methoxy groups -OCH3 is 2. The average molecular weight is 519 g/mol. The summed E-state index contributed by atoms with van der Waals surface area (Å²) in [7, 11) is 3.30. The van der Waals surface area contributed by atoms with E-state index in [1.54, 1.807) is 14.2 Å². The van der Waals surface area contributed by atoms with E-state index < -0.39 is 0 Å².